The summed E-state index contributed by atoms with van der Waals surface area (Å²) in [4.78, 5) is 22.0. The quantitative estimate of drug-likeness (QED) is 0.171. The third-order valence-electron chi connectivity index (χ3n) is 7.78. The van der Waals surface area contributed by atoms with Gasteiger partial charge in [-0.1, -0.05) is 13.8 Å². The first-order valence-corrected chi connectivity index (χ1v) is 15.5. The summed E-state index contributed by atoms with van der Waals surface area (Å²) >= 11 is 0. The van der Waals surface area contributed by atoms with Gasteiger partial charge in [0.2, 0.25) is 27.2 Å². The summed E-state index contributed by atoms with van der Waals surface area (Å²) in [7, 11) is 0. The van der Waals surface area contributed by atoms with Crippen LogP contribution in [0.2, 0.25) is 0 Å². The maximum absolute atomic E-state index is 12.6. The molecule has 0 atom stereocenters. The number of carbonyl (C=O) groups is 1. The lowest BCUT2D eigenvalue weighted by Gasteiger charge is -2.10. The van der Waals surface area contributed by atoms with Gasteiger partial charge in [0.1, 0.15) is 5.82 Å². The van der Waals surface area contributed by atoms with Gasteiger partial charge >= 0.3 is 0 Å². The average Bonchev–Trinajstić information content (AvgIpc) is 3.96. The Bertz CT molecular complexity index is 2130. The molecule has 4 aromatic carbocycles. The van der Waals surface area contributed by atoms with Crippen molar-refractivity contribution < 1.29 is 42.7 Å². The molecule has 49 heavy (non-hydrogen) atoms. The zero-order valence-electron chi connectivity index (χ0n) is 26.6. The smallest absolute Gasteiger partial charge is 0.231 e. The predicted molar refractivity (Wildman–Crippen MR) is 175 cm³/mol. The Hall–Kier alpha value is -6.42. The second-order valence-electron chi connectivity index (χ2n) is 10.8. The number of nitrogen functional groups attached to an aromatic ring is 1. The van der Waals surface area contributed by atoms with Crippen LogP contribution in [0.25, 0.3) is 22.2 Å². The van der Waals surface area contributed by atoms with E-state index in [1.165, 1.54) is 0 Å². The highest BCUT2D eigenvalue weighted by Crippen LogP contribution is 2.41. The molecule has 4 aliphatic heterocycles. The summed E-state index contributed by atoms with van der Waals surface area (Å²) in [5.74, 6) is 5.77. The average molecular weight is 663 g/mol. The lowest BCUT2D eigenvalue weighted by Crippen LogP contribution is -2.05. The highest BCUT2D eigenvalue weighted by atomic mass is 16.7. The number of benzene rings is 4. The van der Waals surface area contributed by atoms with Crippen LogP contribution in [0.3, 0.4) is 0 Å². The minimum Gasteiger partial charge on any atom is -0.454 e. The van der Waals surface area contributed by atoms with Crippen LogP contribution in [0, 0.1) is 11.3 Å². The van der Waals surface area contributed by atoms with Gasteiger partial charge in [-0.05, 0) is 48.5 Å². The Balaban J connectivity index is 0.000000141. The fourth-order valence-corrected chi connectivity index (χ4v) is 5.34. The molecule has 5 heterocycles. The molecule has 0 unspecified atom stereocenters. The van der Waals surface area contributed by atoms with Gasteiger partial charge in [0.25, 0.3) is 0 Å². The van der Waals surface area contributed by atoms with Gasteiger partial charge in [-0.2, -0.15) is 5.26 Å². The molecule has 9 rings (SSSR count). The number of ketones is 1. The van der Waals surface area contributed by atoms with Crippen molar-refractivity contribution >= 4 is 22.4 Å². The largest absolute Gasteiger partial charge is 0.454 e. The summed E-state index contributed by atoms with van der Waals surface area (Å²) in [6.45, 7) is 4.65. The molecule has 0 bridgehead atoms. The molecule has 0 fully saturated rings. The molecule has 1 aromatic heterocycles. The predicted octanol–water partition coefficient (Wildman–Crippen LogP) is 6.19. The monoisotopic (exact) mass is 662 g/mol. The number of nitriles is 1. The van der Waals surface area contributed by atoms with Gasteiger partial charge in [-0.15, -0.1) is 0 Å². The lowest BCUT2D eigenvalue weighted by molar-refractivity contribution is 0.103. The summed E-state index contributed by atoms with van der Waals surface area (Å²) < 4.78 is 42.9. The van der Waals surface area contributed by atoms with E-state index in [0.29, 0.717) is 46.2 Å². The number of aryl methyl sites for hydroxylation is 1. The first-order valence-electron chi connectivity index (χ1n) is 15.5. The van der Waals surface area contributed by atoms with E-state index in [9.17, 15) is 4.79 Å². The van der Waals surface area contributed by atoms with Crippen molar-refractivity contribution in [1.82, 2.24) is 9.97 Å². The highest BCUT2D eigenvalue weighted by molar-refractivity contribution is 6.12. The van der Waals surface area contributed by atoms with Crippen LogP contribution in [-0.4, -0.2) is 42.9 Å². The number of rotatable bonds is 4. The van der Waals surface area contributed by atoms with Gasteiger partial charge in [0.15, 0.2) is 51.8 Å². The summed E-state index contributed by atoms with van der Waals surface area (Å²) in [6, 6.07) is 19.9. The van der Waals surface area contributed by atoms with Crippen molar-refractivity contribution in [3.8, 4) is 63.3 Å². The van der Waals surface area contributed by atoms with Crippen LogP contribution < -0.4 is 43.6 Å². The topological polar surface area (TPSA) is 166 Å². The van der Waals surface area contributed by atoms with Crippen molar-refractivity contribution in [3.63, 3.8) is 0 Å². The van der Waals surface area contributed by atoms with E-state index in [2.05, 4.69) is 4.98 Å². The van der Waals surface area contributed by atoms with Crippen molar-refractivity contribution in [1.29, 1.82) is 5.26 Å². The molecule has 13 heteroatoms. The Labute approximate surface area is 280 Å². The van der Waals surface area contributed by atoms with Crippen molar-refractivity contribution in [2.45, 2.75) is 26.7 Å². The van der Waals surface area contributed by atoms with E-state index in [0.717, 1.165) is 57.4 Å². The van der Waals surface area contributed by atoms with Gasteiger partial charge in [0, 0.05) is 52.7 Å². The maximum Gasteiger partial charge on any atom is 0.231 e. The van der Waals surface area contributed by atoms with Crippen LogP contribution in [-0.2, 0) is 6.42 Å². The number of hydrogen-bond donors (Lipinski definition) is 1. The molecule has 0 radical (unpaired) electrons. The number of hydrogen-bond acceptors (Lipinski definition) is 13. The summed E-state index contributed by atoms with van der Waals surface area (Å²) in [5.41, 5.74) is 9.79. The van der Waals surface area contributed by atoms with Gasteiger partial charge in [-0.25, -0.2) is 9.97 Å². The van der Waals surface area contributed by atoms with Crippen LogP contribution in [0.4, 0.5) is 5.69 Å². The fourth-order valence-electron chi connectivity index (χ4n) is 5.34. The van der Waals surface area contributed by atoms with Crippen LogP contribution in [0.15, 0.2) is 60.7 Å². The van der Waals surface area contributed by atoms with Crippen LogP contribution in [0.5, 0.6) is 46.0 Å². The Morgan fingerprint density at radius 1 is 0.694 bits per heavy atom. The standard InChI is InChI=1S/C18H14N2O4.C15H11NO5.C3H5N/c1-2-17-19-12-7-16-15(23-9-24-16)6-11(12)18(20-17)10-3-4-13-14(5-10)22-8-21-13;16-10-5-14-13(20-7-21-14)4-9(10)15(17)8-1-2-11-12(3-8)19-6-18-11;1-2-3-4/h3-7H,2,8-9H2,1H3;1-5H,6-7,16H2;2H2,1H3. The number of nitrogens with zero attached hydrogens (tertiary/aromatic N) is 3. The lowest BCUT2D eigenvalue weighted by atomic mass is 10.0. The molecule has 2 N–H and O–H groups in total. The normalized spacial score (nSPS) is 13.6. The van der Waals surface area contributed by atoms with E-state index in [1.54, 1.807) is 30.3 Å². The second kappa shape index (κ2) is 13.4. The molecule has 0 saturated heterocycles. The fraction of sp³-hybridized carbons (Fsp3) is 0.222. The highest BCUT2D eigenvalue weighted by Gasteiger charge is 2.23. The molecule has 0 spiro atoms. The van der Waals surface area contributed by atoms with Crippen LogP contribution in [0.1, 0.15) is 42.0 Å². The number of nitrogens with two attached hydrogens (primary N) is 1. The van der Waals surface area contributed by atoms with Crippen molar-refractivity contribution in [2.75, 3.05) is 32.9 Å². The SMILES string of the molecule is CCC#N.CCc1nc(-c2ccc3c(c2)OCO3)c2cc3c(cc2n1)OCO3.Nc1cc2c(cc1C(=O)c1ccc3c(c1)OCO3)OCO2. The molecule has 0 aliphatic carbocycles. The second-order valence-corrected chi connectivity index (χ2v) is 10.8. The Morgan fingerprint density at radius 2 is 1.22 bits per heavy atom. The summed E-state index contributed by atoms with van der Waals surface area (Å²) in [6.07, 6.45) is 1.38. The van der Waals surface area contributed by atoms with Gasteiger partial charge in [-0.3, -0.25) is 4.79 Å². The van der Waals surface area contributed by atoms with Gasteiger partial charge in [0.05, 0.1) is 17.3 Å². The zero-order chi connectivity index (χ0) is 33.9. The molecule has 13 nitrogen and oxygen atoms in total. The van der Waals surface area contributed by atoms with E-state index < -0.39 is 0 Å². The van der Waals surface area contributed by atoms with E-state index in [-0.39, 0.29) is 33.0 Å². The maximum atomic E-state index is 12.6. The molecule has 248 valence electrons. The summed E-state index contributed by atoms with van der Waals surface area (Å²) in [5, 5.41) is 8.55. The minimum atomic E-state index is -0.205. The van der Waals surface area contributed by atoms with Gasteiger partial charge < -0.3 is 43.6 Å². The van der Waals surface area contributed by atoms with Crippen LogP contribution >= 0.6 is 0 Å². The zero-order valence-corrected chi connectivity index (χ0v) is 26.6. The first kappa shape index (κ1) is 31.2. The van der Waals surface area contributed by atoms with E-state index in [4.69, 9.17) is 53.9 Å². The number of ether oxygens (including phenoxy) is 8. The number of anilines is 1. The minimum absolute atomic E-state index is 0.135. The van der Waals surface area contributed by atoms with Crippen molar-refractivity contribution in [2.24, 2.45) is 0 Å². The number of aromatic nitrogens is 2. The van der Waals surface area contributed by atoms with E-state index >= 15 is 0 Å². The molecule has 5 aromatic rings. The molecule has 0 saturated carbocycles. The molecular formula is C36H30N4O9. The molecule has 4 aliphatic rings. The molecule has 0 amide bonds. The van der Waals surface area contributed by atoms with Crippen molar-refractivity contribution in [3.05, 3.63) is 77.6 Å². The van der Waals surface area contributed by atoms with E-state index in [1.807, 2.05) is 50.2 Å². The molecular weight excluding hydrogens is 632 g/mol. The third-order valence-corrected chi connectivity index (χ3v) is 7.78. The number of carbonyl (C=O) groups excluding carboxylic acids is 1. The first-order chi connectivity index (χ1) is 23.9. The number of fused-ring (bicyclic) bond motifs is 5. The Morgan fingerprint density at radius 3 is 1.86 bits per heavy atom. The third kappa shape index (κ3) is 6.19. The Kier molecular flexibility index (Phi) is 8.51.